The minimum absolute atomic E-state index is 0.207. The van der Waals surface area contributed by atoms with Gasteiger partial charge in [0, 0.05) is 6.20 Å². The molecule has 0 fully saturated rings. The monoisotopic (exact) mass is 376 g/mol. The summed E-state index contributed by atoms with van der Waals surface area (Å²) in [5, 5.41) is 2.86. The summed E-state index contributed by atoms with van der Waals surface area (Å²) in [6, 6.07) is 9.77. The molecule has 0 aliphatic carbocycles. The fourth-order valence-corrected chi connectivity index (χ4v) is 2.20. The predicted octanol–water partition coefficient (Wildman–Crippen LogP) is 4.10. The van der Waals surface area contributed by atoms with Gasteiger partial charge in [-0.15, -0.1) is 0 Å². The summed E-state index contributed by atoms with van der Waals surface area (Å²) in [5.41, 5.74) is 0.854. The van der Waals surface area contributed by atoms with E-state index in [2.05, 4.69) is 10.3 Å². The standard InChI is InChI=1S/C19H21ClN2O4/c1-3-4-12-25-19(24)14-7-9-15(10-8-14)26-13(2)18(23)22-16-6-5-11-21-17(16)20/h5-11,13H,3-4,12H2,1-2H3,(H,22,23)/t13-/m0/s1. The molecule has 0 unspecified atom stereocenters. The lowest BCUT2D eigenvalue weighted by Crippen LogP contribution is -2.30. The van der Waals surface area contributed by atoms with Crippen LogP contribution in [0, 0.1) is 0 Å². The molecule has 0 saturated carbocycles. The number of ether oxygens (including phenoxy) is 2. The molecule has 0 saturated heterocycles. The summed E-state index contributed by atoms with van der Waals surface area (Å²) in [6.45, 7) is 4.05. The number of nitrogens with zero attached hydrogens (tertiary/aromatic N) is 1. The first kappa shape index (κ1) is 19.7. The Morgan fingerprint density at radius 3 is 2.62 bits per heavy atom. The second-order valence-electron chi connectivity index (χ2n) is 5.60. The van der Waals surface area contributed by atoms with Crippen molar-refractivity contribution in [1.29, 1.82) is 0 Å². The first-order chi connectivity index (χ1) is 12.5. The molecule has 7 heteroatoms. The molecular weight excluding hydrogens is 356 g/mol. The van der Waals surface area contributed by atoms with Crippen LogP contribution in [0.1, 0.15) is 37.0 Å². The van der Waals surface area contributed by atoms with E-state index in [4.69, 9.17) is 21.1 Å². The molecule has 0 aliphatic heterocycles. The van der Waals surface area contributed by atoms with E-state index in [1.807, 2.05) is 6.92 Å². The lowest BCUT2D eigenvalue weighted by molar-refractivity contribution is -0.122. The number of amides is 1. The van der Waals surface area contributed by atoms with Crippen LogP contribution in [0.4, 0.5) is 5.69 Å². The molecule has 1 heterocycles. The van der Waals surface area contributed by atoms with E-state index >= 15 is 0 Å². The first-order valence-electron chi connectivity index (χ1n) is 8.36. The second kappa shape index (κ2) is 9.77. The third-order valence-electron chi connectivity index (χ3n) is 3.52. The smallest absolute Gasteiger partial charge is 0.338 e. The molecule has 0 spiro atoms. The van der Waals surface area contributed by atoms with Gasteiger partial charge in [-0.2, -0.15) is 0 Å². The molecule has 2 aromatic rings. The molecule has 26 heavy (non-hydrogen) atoms. The molecule has 138 valence electrons. The Morgan fingerprint density at radius 2 is 1.96 bits per heavy atom. The molecule has 6 nitrogen and oxygen atoms in total. The Morgan fingerprint density at radius 1 is 1.23 bits per heavy atom. The fraction of sp³-hybridized carbons (Fsp3) is 0.316. The fourth-order valence-electron chi connectivity index (χ4n) is 2.03. The van der Waals surface area contributed by atoms with Gasteiger partial charge in [0.05, 0.1) is 17.9 Å². The van der Waals surface area contributed by atoms with E-state index in [0.29, 0.717) is 23.6 Å². The molecule has 1 aromatic carbocycles. The van der Waals surface area contributed by atoms with E-state index in [1.54, 1.807) is 43.3 Å². The molecular formula is C19H21ClN2O4. The highest BCUT2D eigenvalue weighted by atomic mass is 35.5. The summed E-state index contributed by atoms with van der Waals surface area (Å²) in [7, 11) is 0. The predicted molar refractivity (Wildman–Crippen MR) is 99.6 cm³/mol. The van der Waals surface area contributed by atoms with Crippen LogP contribution in [0.5, 0.6) is 5.75 Å². The Bertz CT molecular complexity index is 749. The van der Waals surface area contributed by atoms with Crippen molar-refractivity contribution in [1.82, 2.24) is 4.98 Å². The normalized spacial score (nSPS) is 11.5. The van der Waals surface area contributed by atoms with E-state index < -0.39 is 6.10 Å². The SMILES string of the molecule is CCCCOC(=O)c1ccc(O[C@@H](C)C(=O)Nc2cccnc2Cl)cc1. The number of hydrogen-bond donors (Lipinski definition) is 1. The summed E-state index contributed by atoms with van der Waals surface area (Å²) >= 11 is 5.92. The second-order valence-corrected chi connectivity index (χ2v) is 5.96. The zero-order valence-electron chi connectivity index (χ0n) is 14.7. The molecule has 1 amide bonds. The number of aromatic nitrogens is 1. The van der Waals surface area contributed by atoms with Crippen molar-refractivity contribution in [3.05, 3.63) is 53.3 Å². The lowest BCUT2D eigenvalue weighted by atomic mass is 10.2. The van der Waals surface area contributed by atoms with Crippen LogP contribution in [0.2, 0.25) is 5.15 Å². The van der Waals surface area contributed by atoms with Crippen molar-refractivity contribution < 1.29 is 19.1 Å². The van der Waals surface area contributed by atoms with Crippen LogP contribution < -0.4 is 10.1 Å². The zero-order chi connectivity index (χ0) is 18.9. The van der Waals surface area contributed by atoms with E-state index in [9.17, 15) is 9.59 Å². The average Bonchev–Trinajstić information content (AvgIpc) is 2.64. The molecule has 1 aromatic heterocycles. The summed E-state index contributed by atoms with van der Waals surface area (Å²) in [5.74, 6) is -0.264. The van der Waals surface area contributed by atoms with Crippen LogP contribution in [0.25, 0.3) is 0 Å². The van der Waals surface area contributed by atoms with Gasteiger partial charge in [-0.25, -0.2) is 9.78 Å². The van der Waals surface area contributed by atoms with Crippen LogP contribution in [-0.4, -0.2) is 29.6 Å². The Balaban J connectivity index is 1.90. The van der Waals surface area contributed by atoms with Gasteiger partial charge in [-0.1, -0.05) is 24.9 Å². The number of benzene rings is 1. The highest BCUT2D eigenvalue weighted by Crippen LogP contribution is 2.19. The van der Waals surface area contributed by atoms with Gasteiger partial charge < -0.3 is 14.8 Å². The lowest BCUT2D eigenvalue weighted by Gasteiger charge is -2.15. The van der Waals surface area contributed by atoms with Crippen molar-refractivity contribution in [2.45, 2.75) is 32.8 Å². The van der Waals surface area contributed by atoms with Gasteiger partial charge in [-0.3, -0.25) is 4.79 Å². The molecule has 1 atom stereocenters. The van der Waals surface area contributed by atoms with Gasteiger partial charge >= 0.3 is 5.97 Å². The maximum absolute atomic E-state index is 12.2. The summed E-state index contributed by atoms with van der Waals surface area (Å²) < 4.78 is 10.7. The van der Waals surface area contributed by atoms with E-state index in [1.165, 1.54) is 6.20 Å². The number of rotatable bonds is 8. The van der Waals surface area contributed by atoms with Gasteiger partial charge in [0.25, 0.3) is 5.91 Å². The number of anilines is 1. The van der Waals surface area contributed by atoms with E-state index in [0.717, 1.165) is 12.8 Å². The molecule has 1 N–H and O–H groups in total. The molecule has 0 radical (unpaired) electrons. The van der Waals surface area contributed by atoms with Crippen LogP contribution in [0.3, 0.4) is 0 Å². The van der Waals surface area contributed by atoms with Gasteiger partial charge in [0.15, 0.2) is 11.3 Å². The van der Waals surface area contributed by atoms with Crippen LogP contribution >= 0.6 is 11.6 Å². The number of esters is 1. The van der Waals surface area contributed by atoms with E-state index in [-0.39, 0.29) is 17.0 Å². The highest BCUT2D eigenvalue weighted by molar-refractivity contribution is 6.32. The van der Waals surface area contributed by atoms with Gasteiger partial charge in [0.1, 0.15) is 5.75 Å². The molecule has 0 aliphatic rings. The van der Waals surface area contributed by atoms with Gasteiger partial charge in [-0.05, 0) is 49.7 Å². The number of unbranched alkanes of at least 4 members (excludes halogenated alkanes) is 1. The number of nitrogens with one attached hydrogen (secondary N) is 1. The summed E-state index contributed by atoms with van der Waals surface area (Å²) in [6.07, 6.45) is 2.57. The molecule has 2 rings (SSSR count). The van der Waals surface area contributed by atoms with Crippen molar-refractivity contribution in [2.24, 2.45) is 0 Å². The highest BCUT2D eigenvalue weighted by Gasteiger charge is 2.16. The topological polar surface area (TPSA) is 77.5 Å². The summed E-state index contributed by atoms with van der Waals surface area (Å²) in [4.78, 5) is 27.9. The number of hydrogen-bond acceptors (Lipinski definition) is 5. The van der Waals surface area contributed by atoms with Gasteiger partial charge in [0.2, 0.25) is 0 Å². The third kappa shape index (κ3) is 5.74. The number of carbonyl (C=O) groups excluding carboxylic acids is 2. The Labute approximate surface area is 157 Å². The first-order valence-corrected chi connectivity index (χ1v) is 8.74. The Kier molecular flexibility index (Phi) is 7.41. The maximum atomic E-state index is 12.2. The maximum Gasteiger partial charge on any atom is 0.338 e. The van der Waals surface area contributed by atoms with Crippen LogP contribution in [0.15, 0.2) is 42.6 Å². The quantitative estimate of drug-likeness (QED) is 0.426. The van der Waals surface area contributed by atoms with Crippen molar-refractivity contribution >= 4 is 29.2 Å². The van der Waals surface area contributed by atoms with Crippen molar-refractivity contribution in [2.75, 3.05) is 11.9 Å². The minimum atomic E-state index is -0.756. The average molecular weight is 377 g/mol. The minimum Gasteiger partial charge on any atom is -0.481 e. The zero-order valence-corrected chi connectivity index (χ0v) is 15.5. The van der Waals surface area contributed by atoms with Crippen LogP contribution in [-0.2, 0) is 9.53 Å². The third-order valence-corrected chi connectivity index (χ3v) is 3.82. The number of carbonyl (C=O) groups is 2. The Hall–Kier alpha value is -2.60. The number of pyridine rings is 1. The largest absolute Gasteiger partial charge is 0.481 e. The van der Waals surface area contributed by atoms with Crippen molar-refractivity contribution in [3.63, 3.8) is 0 Å². The molecule has 0 bridgehead atoms. The van der Waals surface area contributed by atoms with Crippen molar-refractivity contribution in [3.8, 4) is 5.75 Å². The number of halogens is 1.